The summed E-state index contributed by atoms with van der Waals surface area (Å²) < 4.78 is 32.2. The number of ether oxygens (including phenoxy) is 1. The first-order valence-corrected chi connectivity index (χ1v) is 9.79. The summed E-state index contributed by atoms with van der Waals surface area (Å²) in [5.41, 5.74) is 0.959. The van der Waals surface area contributed by atoms with Gasteiger partial charge in [-0.05, 0) is 69.3 Å². The normalized spacial score (nSPS) is 12.3. The van der Waals surface area contributed by atoms with E-state index < -0.39 is 16.1 Å². The SMILES string of the molecule is CC(C)NS(=O)(=O)c1ccc(NC(=O)[C@H](C)Oc2ccc(C#N)cc2)cc1. The van der Waals surface area contributed by atoms with Crippen LogP contribution in [-0.4, -0.2) is 26.5 Å². The number of rotatable bonds is 7. The molecule has 7 nitrogen and oxygen atoms in total. The average Bonchev–Trinajstić information content (AvgIpc) is 2.61. The van der Waals surface area contributed by atoms with Crippen molar-refractivity contribution >= 4 is 21.6 Å². The average molecular weight is 387 g/mol. The Bertz CT molecular complexity index is 930. The van der Waals surface area contributed by atoms with E-state index in [-0.39, 0.29) is 16.8 Å². The van der Waals surface area contributed by atoms with Gasteiger partial charge in [-0.2, -0.15) is 5.26 Å². The van der Waals surface area contributed by atoms with Crippen molar-refractivity contribution in [1.29, 1.82) is 5.26 Å². The molecule has 0 bridgehead atoms. The number of hydrogen-bond donors (Lipinski definition) is 2. The van der Waals surface area contributed by atoms with Crippen LogP contribution in [0.25, 0.3) is 0 Å². The van der Waals surface area contributed by atoms with E-state index in [0.717, 1.165) is 0 Å². The number of nitriles is 1. The number of nitrogens with zero attached hydrogens (tertiary/aromatic N) is 1. The largest absolute Gasteiger partial charge is 0.481 e. The fraction of sp³-hybridized carbons (Fsp3) is 0.263. The third-order valence-corrected chi connectivity index (χ3v) is 5.16. The number of benzene rings is 2. The molecule has 2 aromatic rings. The third kappa shape index (κ3) is 5.81. The Morgan fingerprint density at radius 1 is 1.04 bits per heavy atom. The number of sulfonamides is 1. The molecular formula is C19H21N3O4S. The van der Waals surface area contributed by atoms with Crippen molar-refractivity contribution in [3.63, 3.8) is 0 Å². The molecule has 0 aliphatic heterocycles. The van der Waals surface area contributed by atoms with Crippen molar-refractivity contribution in [2.24, 2.45) is 0 Å². The molecule has 1 amide bonds. The van der Waals surface area contributed by atoms with Crippen LogP contribution >= 0.6 is 0 Å². The molecule has 0 heterocycles. The van der Waals surface area contributed by atoms with Gasteiger partial charge in [0.15, 0.2) is 6.10 Å². The first-order valence-electron chi connectivity index (χ1n) is 8.31. The minimum Gasteiger partial charge on any atom is -0.481 e. The highest BCUT2D eigenvalue weighted by atomic mass is 32.2. The van der Waals surface area contributed by atoms with Crippen LogP contribution in [0.15, 0.2) is 53.4 Å². The van der Waals surface area contributed by atoms with Crippen molar-refractivity contribution in [2.75, 3.05) is 5.32 Å². The topological polar surface area (TPSA) is 108 Å². The highest BCUT2D eigenvalue weighted by Crippen LogP contribution is 2.17. The molecule has 0 saturated heterocycles. The lowest BCUT2D eigenvalue weighted by Gasteiger charge is -2.15. The fourth-order valence-corrected chi connectivity index (χ4v) is 3.46. The summed E-state index contributed by atoms with van der Waals surface area (Å²) >= 11 is 0. The zero-order valence-corrected chi connectivity index (χ0v) is 16.1. The van der Waals surface area contributed by atoms with Crippen molar-refractivity contribution in [1.82, 2.24) is 4.72 Å². The van der Waals surface area contributed by atoms with E-state index >= 15 is 0 Å². The van der Waals surface area contributed by atoms with Gasteiger partial charge < -0.3 is 10.1 Å². The van der Waals surface area contributed by atoms with Crippen LogP contribution < -0.4 is 14.8 Å². The predicted molar refractivity (Wildman–Crippen MR) is 102 cm³/mol. The maximum absolute atomic E-state index is 12.2. The summed E-state index contributed by atoms with van der Waals surface area (Å²) in [6.45, 7) is 5.07. The summed E-state index contributed by atoms with van der Waals surface area (Å²) in [4.78, 5) is 12.4. The summed E-state index contributed by atoms with van der Waals surface area (Å²) in [6.07, 6.45) is -0.774. The first-order chi connectivity index (χ1) is 12.7. The molecule has 27 heavy (non-hydrogen) atoms. The zero-order chi connectivity index (χ0) is 20.0. The van der Waals surface area contributed by atoms with Gasteiger partial charge in [-0.15, -0.1) is 0 Å². The standard InChI is InChI=1S/C19H21N3O4S/c1-13(2)22-27(24,25)18-10-6-16(7-11-18)21-19(23)14(3)26-17-8-4-15(12-20)5-9-17/h4-11,13-14,22H,1-3H3,(H,21,23)/t14-/m0/s1. The lowest BCUT2D eigenvalue weighted by molar-refractivity contribution is -0.122. The van der Waals surface area contributed by atoms with Gasteiger partial charge >= 0.3 is 0 Å². The molecule has 2 N–H and O–H groups in total. The number of hydrogen-bond acceptors (Lipinski definition) is 5. The monoisotopic (exact) mass is 387 g/mol. The van der Waals surface area contributed by atoms with E-state index in [1.54, 1.807) is 45.0 Å². The van der Waals surface area contributed by atoms with Crippen molar-refractivity contribution in [2.45, 2.75) is 37.8 Å². The molecule has 8 heteroatoms. The molecule has 2 aromatic carbocycles. The Balaban J connectivity index is 1.99. The lowest BCUT2D eigenvalue weighted by Crippen LogP contribution is -2.31. The van der Waals surface area contributed by atoms with Crippen LogP contribution in [0.1, 0.15) is 26.3 Å². The number of anilines is 1. The second kappa shape index (κ2) is 8.66. The minimum atomic E-state index is -3.58. The van der Waals surface area contributed by atoms with E-state index in [9.17, 15) is 13.2 Å². The van der Waals surface area contributed by atoms with Gasteiger partial charge in [0.05, 0.1) is 16.5 Å². The quantitative estimate of drug-likeness (QED) is 0.759. The van der Waals surface area contributed by atoms with Gasteiger partial charge in [0, 0.05) is 11.7 Å². The summed E-state index contributed by atoms with van der Waals surface area (Å²) in [5, 5.41) is 11.5. The van der Waals surface area contributed by atoms with E-state index in [2.05, 4.69) is 10.0 Å². The van der Waals surface area contributed by atoms with Gasteiger partial charge in [-0.25, -0.2) is 13.1 Å². The van der Waals surface area contributed by atoms with Gasteiger partial charge in [-0.3, -0.25) is 4.79 Å². The Kier molecular flexibility index (Phi) is 6.55. The lowest BCUT2D eigenvalue weighted by atomic mass is 10.2. The molecule has 1 atom stereocenters. The Labute approximate surface area is 159 Å². The predicted octanol–water partition coefficient (Wildman–Crippen LogP) is 2.65. The van der Waals surface area contributed by atoms with Gasteiger partial charge in [0.25, 0.3) is 5.91 Å². The molecule has 2 rings (SSSR count). The summed E-state index contributed by atoms with van der Waals surface area (Å²) in [7, 11) is -3.58. The molecule has 0 saturated carbocycles. The molecule has 0 radical (unpaired) electrons. The Morgan fingerprint density at radius 3 is 2.15 bits per heavy atom. The Hall–Kier alpha value is -2.89. The van der Waals surface area contributed by atoms with Crippen LogP contribution in [-0.2, 0) is 14.8 Å². The highest BCUT2D eigenvalue weighted by molar-refractivity contribution is 7.89. The highest BCUT2D eigenvalue weighted by Gasteiger charge is 2.17. The first kappa shape index (κ1) is 20.4. The maximum atomic E-state index is 12.2. The third-order valence-electron chi connectivity index (χ3n) is 3.49. The maximum Gasteiger partial charge on any atom is 0.265 e. The van der Waals surface area contributed by atoms with Crippen LogP contribution in [0, 0.1) is 11.3 Å². The fourth-order valence-electron chi connectivity index (χ4n) is 2.21. The Morgan fingerprint density at radius 2 is 1.63 bits per heavy atom. The van der Waals surface area contributed by atoms with Gasteiger partial charge in [-0.1, -0.05) is 0 Å². The minimum absolute atomic E-state index is 0.121. The van der Waals surface area contributed by atoms with Gasteiger partial charge in [0.2, 0.25) is 10.0 Å². The molecule has 0 aromatic heterocycles. The molecule has 0 fully saturated rings. The summed E-state index contributed by atoms with van der Waals surface area (Å²) in [5.74, 6) is 0.0909. The van der Waals surface area contributed by atoms with Crippen LogP contribution in [0.2, 0.25) is 0 Å². The second-order valence-electron chi connectivity index (χ2n) is 6.19. The number of carbonyl (C=O) groups excluding carboxylic acids is 1. The van der Waals surface area contributed by atoms with E-state index in [1.165, 1.54) is 24.3 Å². The zero-order valence-electron chi connectivity index (χ0n) is 15.3. The van der Waals surface area contributed by atoms with Gasteiger partial charge in [0.1, 0.15) is 5.75 Å². The van der Waals surface area contributed by atoms with Crippen LogP contribution in [0.4, 0.5) is 5.69 Å². The number of carbonyl (C=O) groups is 1. The smallest absolute Gasteiger partial charge is 0.265 e. The molecule has 0 spiro atoms. The van der Waals surface area contributed by atoms with E-state index in [0.29, 0.717) is 17.0 Å². The van der Waals surface area contributed by atoms with E-state index in [1.807, 2.05) is 6.07 Å². The number of amides is 1. The van der Waals surface area contributed by atoms with Crippen LogP contribution in [0.3, 0.4) is 0 Å². The van der Waals surface area contributed by atoms with E-state index in [4.69, 9.17) is 10.00 Å². The molecular weight excluding hydrogens is 366 g/mol. The molecule has 142 valence electrons. The molecule has 0 aliphatic rings. The second-order valence-corrected chi connectivity index (χ2v) is 7.90. The summed E-state index contributed by atoms with van der Waals surface area (Å²) in [6, 6.07) is 14.1. The van der Waals surface area contributed by atoms with Crippen molar-refractivity contribution in [3.8, 4) is 11.8 Å². The van der Waals surface area contributed by atoms with Crippen molar-refractivity contribution in [3.05, 3.63) is 54.1 Å². The molecule has 0 unspecified atom stereocenters. The van der Waals surface area contributed by atoms with Crippen LogP contribution in [0.5, 0.6) is 5.75 Å². The van der Waals surface area contributed by atoms with Crippen molar-refractivity contribution < 1.29 is 17.9 Å². The number of nitrogens with one attached hydrogen (secondary N) is 2. The molecule has 0 aliphatic carbocycles.